The van der Waals surface area contributed by atoms with E-state index in [9.17, 15) is 8.42 Å². The number of sulfone groups is 1. The summed E-state index contributed by atoms with van der Waals surface area (Å²) in [7, 11) is -0.945. The zero-order chi connectivity index (χ0) is 20.6. The molecule has 2 saturated heterocycles. The minimum atomic E-state index is -2.87. The van der Waals surface area contributed by atoms with E-state index in [4.69, 9.17) is 28.9 Å². The molecule has 1 atom stereocenters. The smallest absolute Gasteiger partial charge is 0.198 e. The topological polar surface area (TPSA) is 63.4 Å². The second kappa shape index (κ2) is 8.76. The molecule has 0 saturated carbocycles. The van der Waals surface area contributed by atoms with Crippen LogP contribution in [-0.4, -0.2) is 70.2 Å². The van der Waals surface area contributed by atoms with Crippen molar-refractivity contribution in [1.29, 1.82) is 0 Å². The van der Waals surface area contributed by atoms with Gasteiger partial charge in [0.1, 0.15) is 5.82 Å². The van der Waals surface area contributed by atoms with Crippen LogP contribution in [-0.2, 0) is 36.5 Å². The van der Waals surface area contributed by atoms with Gasteiger partial charge in [-0.15, -0.1) is 11.3 Å². The first-order valence-corrected chi connectivity index (χ1v) is 13.2. The molecule has 0 aliphatic carbocycles. The average molecular weight is 476 g/mol. The molecule has 0 aromatic carbocycles. The van der Waals surface area contributed by atoms with Crippen LogP contribution >= 0.6 is 35.2 Å². The van der Waals surface area contributed by atoms with Crippen LogP contribution in [0.25, 0.3) is 0 Å². The Labute approximate surface area is 185 Å². The van der Waals surface area contributed by atoms with E-state index in [0.717, 1.165) is 49.3 Å². The molecule has 0 N–H and O–H groups in total. The minimum absolute atomic E-state index is 0.151. The molecule has 2 aliphatic rings. The molecule has 11 heteroatoms. The predicted octanol–water partition coefficient (Wildman–Crippen LogP) is 2.42. The lowest BCUT2D eigenvalue weighted by Crippen LogP contribution is -2.46. The standard InChI is InChI=1S/C18H26ClN5O2S3/c1-21-17(10-14-4-9-29(25,26)12-14)20-24(18(21)27)13-23-7-5-22(6-8-23)11-15-2-3-16(19)28-15/h2-3,14H,4-13H2,1H3. The van der Waals surface area contributed by atoms with Gasteiger partial charge in [0.05, 0.1) is 22.5 Å². The maximum Gasteiger partial charge on any atom is 0.198 e. The Morgan fingerprint density at radius 3 is 2.59 bits per heavy atom. The van der Waals surface area contributed by atoms with E-state index >= 15 is 0 Å². The molecule has 2 aliphatic heterocycles. The van der Waals surface area contributed by atoms with Crippen LogP contribution < -0.4 is 0 Å². The first-order valence-electron chi connectivity index (χ1n) is 9.81. The van der Waals surface area contributed by atoms with Crippen LogP contribution in [0.15, 0.2) is 12.1 Å². The first-order chi connectivity index (χ1) is 13.8. The van der Waals surface area contributed by atoms with E-state index < -0.39 is 9.84 Å². The molecule has 2 aromatic heterocycles. The normalized spacial score (nSPS) is 23.0. The van der Waals surface area contributed by atoms with Crippen molar-refractivity contribution in [3.05, 3.63) is 31.9 Å². The summed E-state index contributed by atoms with van der Waals surface area (Å²) < 4.78 is 28.8. The molecule has 7 nitrogen and oxygen atoms in total. The van der Waals surface area contributed by atoms with Crippen molar-refractivity contribution >= 4 is 45.0 Å². The molecule has 29 heavy (non-hydrogen) atoms. The fourth-order valence-corrected chi connectivity index (χ4v) is 7.23. The number of aromatic nitrogens is 3. The van der Waals surface area contributed by atoms with Crippen molar-refractivity contribution in [2.45, 2.75) is 26.1 Å². The summed E-state index contributed by atoms with van der Waals surface area (Å²) >= 11 is 13.3. The summed E-state index contributed by atoms with van der Waals surface area (Å²) in [6, 6.07) is 4.06. The van der Waals surface area contributed by atoms with E-state index in [1.54, 1.807) is 11.3 Å². The molecule has 0 radical (unpaired) electrons. The zero-order valence-electron chi connectivity index (χ0n) is 16.5. The number of rotatable bonds is 6. The fourth-order valence-electron chi connectivity index (χ4n) is 4.03. The van der Waals surface area contributed by atoms with Gasteiger partial charge in [0.2, 0.25) is 0 Å². The molecular formula is C18H26ClN5O2S3. The van der Waals surface area contributed by atoms with E-state index in [1.807, 2.05) is 22.4 Å². The first kappa shape index (κ1) is 21.5. The number of halogens is 1. The quantitative estimate of drug-likeness (QED) is 0.598. The van der Waals surface area contributed by atoms with Gasteiger partial charge in [0.25, 0.3) is 0 Å². The van der Waals surface area contributed by atoms with E-state index in [-0.39, 0.29) is 11.7 Å². The van der Waals surface area contributed by atoms with Crippen LogP contribution in [0.2, 0.25) is 4.34 Å². The van der Waals surface area contributed by atoms with Crippen molar-refractivity contribution < 1.29 is 8.42 Å². The van der Waals surface area contributed by atoms with Gasteiger partial charge in [-0.2, -0.15) is 5.10 Å². The molecule has 4 heterocycles. The lowest BCUT2D eigenvalue weighted by Gasteiger charge is -2.34. The van der Waals surface area contributed by atoms with Crippen LogP contribution in [0.5, 0.6) is 0 Å². The summed E-state index contributed by atoms with van der Waals surface area (Å²) in [5, 5.41) is 4.72. The highest BCUT2D eigenvalue weighted by molar-refractivity contribution is 7.91. The molecule has 2 aromatic rings. The van der Waals surface area contributed by atoms with Gasteiger partial charge in [-0.25, -0.2) is 13.1 Å². The van der Waals surface area contributed by atoms with Gasteiger partial charge in [-0.3, -0.25) is 9.80 Å². The molecule has 2 fully saturated rings. The van der Waals surface area contributed by atoms with Gasteiger partial charge in [0.15, 0.2) is 14.6 Å². The van der Waals surface area contributed by atoms with E-state index in [2.05, 4.69) is 15.9 Å². The number of hydrogen-bond donors (Lipinski definition) is 0. The Hall–Kier alpha value is -0.780. The lowest BCUT2D eigenvalue weighted by molar-refractivity contribution is 0.0985. The third kappa shape index (κ3) is 5.29. The molecule has 0 amide bonds. The van der Waals surface area contributed by atoms with E-state index in [1.165, 1.54) is 4.88 Å². The molecule has 1 unspecified atom stereocenters. The summed E-state index contributed by atoms with van der Waals surface area (Å²) in [5.41, 5.74) is 0. The third-order valence-corrected chi connectivity index (χ3v) is 9.27. The van der Waals surface area contributed by atoms with Crippen LogP contribution in [0.4, 0.5) is 0 Å². The van der Waals surface area contributed by atoms with Gasteiger partial charge < -0.3 is 4.57 Å². The van der Waals surface area contributed by atoms with Crippen molar-refractivity contribution in [3.8, 4) is 0 Å². The Bertz CT molecular complexity index is 1020. The van der Waals surface area contributed by atoms with E-state index in [0.29, 0.717) is 23.6 Å². The Balaban J connectivity index is 1.32. The van der Waals surface area contributed by atoms with Crippen LogP contribution in [0.1, 0.15) is 17.1 Å². The average Bonchev–Trinajstić information content (AvgIpc) is 3.31. The van der Waals surface area contributed by atoms with Gasteiger partial charge in [-0.1, -0.05) is 11.6 Å². The maximum absolute atomic E-state index is 11.7. The monoisotopic (exact) mass is 475 g/mol. The number of hydrogen-bond acceptors (Lipinski definition) is 7. The zero-order valence-corrected chi connectivity index (χ0v) is 19.7. The van der Waals surface area contributed by atoms with Crippen molar-refractivity contribution in [2.24, 2.45) is 13.0 Å². The number of nitrogens with zero attached hydrogens (tertiary/aromatic N) is 5. The molecule has 0 bridgehead atoms. The molecule has 160 valence electrons. The highest BCUT2D eigenvalue weighted by atomic mass is 35.5. The molecule has 0 spiro atoms. The second-order valence-electron chi connectivity index (χ2n) is 7.97. The Kier molecular flexibility index (Phi) is 6.48. The number of thiophene rings is 1. The lowest BCUT2D eigenvalue weighted by atomic mass is 10.1. The molecule has 4 rings (SSSR count). The number of piperazine rings is 1. The summed E-state index contributed by atoms with van der Waals surface area (Å²) in [5.74, 6) is 1.60. The van der Waals surface area contributed by atoms with Gasteiger partial charge >= 0.3 is 0 Å². The second-order valence-corrected chi connectivity index (χ2v) is 12.4. The third-order valence-electron chi connectivity index (χ3n) is 5.74. The molecular weight excluding hydrogens is 450 g/mol. The minimum Gasteiger partial charge on any atom is -0.307 e. The van der Waals surface area contributed by atoms with Crippen LogP contribution in [0.3, 0.4) is 0 Å². The van der Waals surface area contributed by atoms with Crippen LogP contribution in [0, 0.1) is 10.7 Å². The summed E-state index contributed by atoms with van der Waals surface area (Å²) in [4.78, 5) is 6.11. The van der Waals surface area contributed by atoms with Crippen molar-refractivity contribution in [1.82, 2.24) is 24.1 Å². The highest BCUT2D eigenvalue weighted by Crippen LogP contribution is 2.24. The largest absolute Gasteiger partial charge is 0.307 e. The van der Waals surface area contributed by atoms with Gasteiger partial charge in [-0.05, 0) is 36.7 Å². The van der Waals surface area contributed by atoms with Crippen molar-refractivity contribution in [2.75, 3.05) is 37.7 Å². The van der Waals surface area contributed by atoms with Gasteiger partial charge in [0, 0.05) is 51.1 Å². The van der Waals surface area contributed by atoms with Crippen molar-refractivity contribution in [3.63, 3.8) is 0 Å². The Morgan fingerprint density at radius 2 is 1.97 bits per heavy atom. The predicted molar refractivity (Wildman–Crippen MR) is 119 cm³/mol. The summed E-state index contributed by atoms with van der Waals surface area (Å²) in [6.45, 7) is 5.56. The fraction of sp³-hybridized carbons (Fsp3) is 0.667. The maximum atomic E-state index is 11.7. The SMILES string of the molecule is Cn1c(CC2CCS(=O)(=O)C2)nn(CN2CCN(Cc3ccc(Cl)s3)CC2)c1=S. The highest BCUT2D eigenvalue weighted by Gasteiger charge is 2.29. The summed E-state index contributed by atoms with van der Waals surface area (Å²) in [6.07, 6.45) is 1.39. The Morgan fingerprint density at radius 1 is 1.24 bits per heavy atom.